The number of para-hydroxylation sites is 1. The summed E-state index contributed by atoms with van der Waals surface area (Å²) < 4.78 is 14.5. The van der Waals surface area contributed by atoms with Crippen LogP contribution in [-0.2, 0) is 4.79 Å². The van der Waals surface area contributed by atoms with E-state index in [1.165, 1.54) is 6.07 Å². The van der Waals surface area contributed by atoms with E-state index < -0.39 is 0 Å². The number of anilines is 1. The minimum absolute atomic E-state index is 0.0783. The van der Waals surface area contributed by atoms with Crippen LogP contribution < -0.4 is 5.32 Å². The SMILES string of the molecule is C[C@@H](C(=O)Nc1ccccc1F)[N+]12CCN(CC1)CC2. The van der Waals surface area contributed by atoms with Gasteiger partial charge >= 0.3 is 0 Å². The number of fused-ring (bicyclic) bond motifs is 3. The van der Waals surface area contributed by atoms with Gasteiger partial charge in [0.05, 0.1) is 25.3 Å². The van der Waals surface area contributed by atoms with Gasteiger partial charge in [-0.15, -0.1) is 0 Å². The number of nitrogens with zero attached hydrogens (tertiary/aromatic N) is 2. The maximum Gasteiger partial charge on any atom is 0.282 e. The van der Waals surface area contributed by atoms with Crippen molar-refractivity contribution in [3.8, 4) is 0 Å². The van der Waals surface area contributed by atoms with Gasteiger partial charge in [-0.25, -0.2) is 4.39 Å². The Balaban J connectivity index is 1.72. The molecule has 3 aliphatic heterocycles. The molecule has 0 spiro atoms. The van der Waals surface area contributed by atoms with E-state index in [1.54, 1.807) is 18.2 Å². The van der Waals surface area contributed by atoms with Gasteiger partial charge in [0.1, 0.15) is 5.82 Å². The van der Waals surface area contributed by atoms with Crippen LogP contribution in [-0.4, -0.2) is 60.6 Å². The molecular formula is C15H21FN3O+. The van der Waals surface area contributed by atoms with Crippen LogP contribution in [0.15, 0.2) is 24.3 Å². The Morgan fingerprint density at radius 3 is 2.45 bits per heavy atom. The lowest BCUT2D eigenvalue weighted by Gasteiger charge is -2.52. The molecule has 1 amide bonds. The summed E-state index contributed by atoms with van der Waals surface area (Å²) in [6.07, 6.45) is 0. The molecular weight excluding hydrogens is 257 g/mol. The van der Waals surface area contributed by atoms with E-state index in [0.29, 0.717) is 0 Å². The summed E-state index contributed by atoms with van der Waals surface area (Å²) in [5, 5.41) is 2.74. The Hall–Kier alpha value is -1.46. The fourth-order valence-electron chi connectivity index (χ4n) is 3.32. The topological polar surface area (TPSA) is 32.3 Å². The predicted octanol–water partition coefficient (Wildman–Crippen LogP) is 1.30. The average Bonchev–Trinajstić information content (AvgIpc) is 2.50. The van der Waals surface area contributed by atoms with E-state index in [-0.39, 0.29) is 23.5 Å². The van der Waals surface area contributed by atoms with E-state index in [0.717, 1.165) is 43.8 Å². The third-order valence-electron chi connectivity index (χ3n) is 4.92. The molecule has 4 rings (SSSR count). The highest BCUT2D eigenvalue weighted by Crippen LogP contribution is 2.24. The first-order chi connectivity index (χ1) is 9.61. The number of piperazine rings is 3. The predicted molar refractivity (Wildman–Crippen MR) is 75.8 cm³/mol. The summed E-state index contributed by atoms with van der Waals surface area (Å²) in [4.78, 5) is 14.9. The molecule has 0 aliphatic carbocycles. The smallest absolute Gasteiger partial charge is 0.282 e. The molecule has 20 heavy (non-hydrogen) atoms. The molecule has 4 nitrogen and oxygen atoms in total. The molecule has 0 radical (unpaired) electrons. The Morgan fingerprint density at radius 1 is 1.25 bits per heavy atom. The molecule has 3 aliphatic rings. The van der Waals surface area contributed by atoms with Crippen molar-refractivity contribution in [3.63, 3.8) is 0 Å². The summed E-state index contributed by atoms with van der Waals surface area (Å²) in [5.74, 6) is -0.457. The van der Waals surface area contributed by atoms with Gasteiger partial charge in [0.15, 0.2) is 6.04 Å². The zero-order chi connectivity index (χ0) is 14.2. The summed E-state index contributed by atoms with van der Waals surface area (Å²) in [7, 11) is 0. The third kappa shape index (κ3) is 2.31. The van der Waals surface area contributed by atoms with Gasteiger partial charge in [-0.05, 0) is 19.1 Å². The molecule has 1 aromatic rings. The van der Waals surface area contributed by atoms with Gasteiger partial charge in [-0.2, -0.15) is 0 Å². The normalized spacial score (nSPS) is 30.0. The maximum atomic E-state index is 13.6. The second-order valence-electron chi connectivity index (χ2n) is 5.88. The quantitative estimate of drug-likeness (QED) is 0.845. The van der Waals surface area contributed by atoms with Crippen molar-refractivity contribution in [1.29, 1.82) is 0 Å². The zero-order valence-corrected chi connectivity index (χ0v) is 11.8. The summed E-state index contributed by atoms with van der Waals surface area (Å²) >= 11 is 0. The summed E-state index contributed by atoms with van der Waals surface area (Å²) in [6, 6.07) is 6.20. The molecule has 5 heteroatoms. The van der Waals surface area contributed by atoms with Crippen LogP contribution in [0.2, 0.25) is 0 Å². The Labute approximate surface area is 118 Å². The number of nitrogens with one attached hydrogen (secondary N) is 1. The van der Waals surface area contributed by atoms with Crippen molar-refractivity contribution in [3.05, 3.63) is 30.1 Å². The van der Waals surface area contributed by atoms with Gasteiger partial charge in [0.2, 0.25) is 0 Å². The number of halogens is 1. The van der Waals surface area contributed by atoms with Crippen molar-refractivity contribution >= 4 is 11.6 Å². The first-order valence-corrected chi connectivity index (χ1v) is 7.24. The molecule has 1 atom stereocenters. The Morgan fingerprint density at radius 2 is 1.85 bits per heavy atom. The number of benzene rings is 1. The van der Waals surface area contributed by atoms with Crippen molar-refractivity contribution in [2.45, 2.75) is 13.0 Å². The number of amides is 1. The molecule has 1 aromatic carbocycles. The van der Waals surface area contributed by atoms with Gasteiger partial charge < -0.3 is 9.80 Å². The molecule has 0 saturated carbocycles. The second-order valence-corrected chi connectivity index (χ2v) is 5.88. The van der Waals surface area contributed by atoms with Crippen molar-refractivity contribution < 1.29 is 13.7 Å². The minimum Gasteiger partial charge on any atom is -0.318 e. The highest BCUT2D eigenvalue weighted by molar-refractivity contribution is 5.93. The van der Waals surface area contributed by atoms with Gasteiger partial charge in [-0.1, -0.05) is 12.1 Å². The fraction of sp³-hybridized carbons (Fsp3) is 0.533. The molecule has 0 aromatic heterocycles. The average molecular weight is 278 g/mol. The van der Waals surface area contributed by atoms with Gasteiger partial charge in [-0.3, -0.25) is 9.69 Å². The van der Waals surface area contributed by atoms with E-state index in [1.807, 2.05) is 6.92 Å². The van der Waals surface area contributed by atoms with E-state index in [4.69, 9.17) is 0 Å². The number of hydrogen-bond donors (Lipinski definition) is 1. The van der Waals surface area contributed by atoms with Crippen molar-refractivity contribution in [2.75, 3.05) is 44.6 Å². The molecule has 108 valence electrons. The number of quaternary nitrogens is 1. The standard InChI is InChI=1S/C15H20FN3O/c1-12(19-9-6-18(7-10-19)8-11-19)15(20)17-14-5-3-2-4-13(14)16/h2-5,12H,6-11H2,1H3/p+1/t12-/m0/s1. The third-order valence-corrected chi connectivity index (χ3v) is 4.92. The van der Waals surface area contributed by atoms with Crippen molar-refractivity contribution in [1.82, 2.24) is 4.90 Å². The van der Waals surface area contributed by atoms with Gasteiger partial charge in [0, 0.05) is 19.6 Å². The van der Waals surface area contributed by atoms with Crippen LogP contribution in [0.3, 0.4) is 0 Å². The Bertz CT molecular complexity index is 498. The molecule has 3 saturated heterocycles. The van der Waals surface area contributed by atoms with Crippen LogP contribution in [0.4, 0.5) is 10.1 Å². The number of hydrogen-bond acceptors (Lipinski definition) is 2. The molecule has 3 fully saturated rings. The van der Waals surface area contributed by atoms with Gasteiger partial charge in [0.25, 0.3) is 5.91 Å². The molecule has 0 unspecified atom stereocenters. The lowest BCUT2D eigenvalue weighted by molar-refractivity contribution is -0.953. The largest absolute Gasteiger partial charge is 0.318 e. The van der Waals surface area contributed by atoms with Crippen LogP contribution >= 0.6 is 0 Å². The van der Waals surface area contributed by atoms with Crippen LogP contribution in [0, 0.1) is 5.82 Å². The van der Waals surface area contributed by atoms with Crippen LogP contribution in [0.1, 0.15) is 6.92 Å². The minimum atomic E-state index is -0.378. The van der Waals surface area contributed by atoms with Crippen LogP contribution in [0.5, 0.6) is 0 Å². The highest BCUT2D eigenvalue weighted by atomic mass is 19.1. The summed E-state index contributed by atoms with van der Waals surface area (Å²) in [6.45, 7) is 8.23. The van der Waals surface area contributed by atoms with Crippen LogP contribution in [0.25, 0.3) is 0 Å². The molecule has 2 bridgehead atoms. The van der Waals surface area contributed by atoms with Crippen molar-refractivity contribution in [2.24, 2.45) is 0 Å². The molecule has 1 N–H and O–H groups in total. The number of rotatable bonds is 3. The zero-order valence-electron chi connectivity index (χ0n) is 11.8. The number of carbonyl (C=O) groups is 1. The summed E-state index contributed by atoms with van der Waals surface area (Å²) in [5.41, 5.74) is 0.276. The second kappa shape index (κ2) is 5.14. The fourth-order valence-corrected chi connectivity index (χ4v) is 3.32. The monoisotopic (exact) mass is 278 g/mol. The lowest BCUT2D eigenvalue weighted by atomic mass is 10.1. The van der Waals surface area contributed by atoms with E-state index >= 15 is 0 Å². The highest BCUT2D eigenvalue weighted by Gasteiger charge is 2.45. The first-order valence-electron chi connectivity index (χ1n) is 7.24. The maximum absolute atomic E-state index is 13.6. The Kier molecular flexibility index (Phi) is 3.48. The van der Waals surface area contributed by atoms with E-state index in [2.05, 4.69) is 10.2 Å². The first kappa shape index (κ1) is 13.5. The van der Waals surface area contributed by atoms with E-state index in [9.17, 15) is 9.18 Å². The number of carbonyl (C=O) groups excluding carboxylic acids is 1. The lowest BCUT2D eigenvalue weighted by Crippen LogP contribution is -2.72. The molecule has 3 heterocycles.